The molecule has 1 saturated heterocycles. The standard InChI is InChI=1S/C18H20BrF2IN4O2/c1-9-8-25(17(27)28-18(2,3)4)5-6-26(9)15-10-7-11(22)12(19)13(20)14(10)23-16(21)24-15/h7,9H,5-6,8H2,1-4H3/t9-/m0/s1. The number of carbonyl (C=O) groups is 1. The number of ether oxygens (including phenoxy) is 1. The van der Waals surface area contributed by atoms with Crippen molar-refractivity contribution in [1.29, 1.82) is 0 Å². The minimum Gasteiger partial charge on any atom is -0.444 e. The van der Waals surface area contributed by atoms with Crippen LogP contribution in [0.1, 0.15) is 27.7 Å². The summed E-state index contributed by atoms with van der Waals surface area (Å²) in [6.45, 7) is 8.54. The molecule has 0 spiro atoms. The van der Waals surface area contributed by atoms with E-state index in [4.69, 9.17) is 4.74 Å². The molecule has 2 aromatic rings. The van der Waals surface area contributed by atoms with Crippen LogP contribution in [0.15, 0.2) is 10.5 Å². The third kappa shape index (κ3) is 4.32. The highest BCUT2D eigenvalue weighted by atomic mass is 127. The molecule has 1 aliphatic heterocycles. The van der Waals surface area contributed by atoms with Crippen LogP contribution in [0.2, 0.25) is 0 Å². The quantitative estimate of drug-likeness (QED) is 0.283. The van der Waals surface area contributed by atoms with Crippen LogP contribution in [0.3, 0.4) is 0 Å². The summed E-state index contributed by atoms with van der Waals surface area (Å²) in [5.41, 5.74) is -0.651. The predicted molar refractivity (Wildman–Crippen MR) is 114 cm³/mol. The molecule has 1 aliphatic rings. The normalized spacial score (nSPS) is 17.9. The van der Waals surface area contributed by atoms with Crippen molar-refractivity contribution in [2.45, 2.75) is 39.3 Å². The molecule has 1 aromatic carbocycles. The van der Waals surface area contributed by atoms with E-state index in [1.54, 1.807) is 11.0 Å². The number of aromatic nitrogens is 2. The van der Waals surface area contributed by atoms with E-state index in [-0.39, 0.29) is 22.1 Å². The van der Waals surface area contributed by atoms with Gasteiger partial charge in [0.2, 0.25) is 0 Å². The third-order valence-electron chi connectivity index (χ3n) is 4.33. The van der Waals surface area contributed by atoms with Gasteiger partial charge in [-0.05, 0) is 72.3 Å². The number of halogens is 4. The van der Waals surface area contributed by atoms with Crippen molar-refractivity contribution in [1.82, 2.24) is 14.9 Å². The Labute approximate surface area is 183 Å². The Morgan fingerprint density at radius 2 is 2.00 bits per heavy atom. The van der Waals surface area contributed by atoms with Gasteiger partial charge in [-0.1, -0.05) is 0 Å². The van der Waals surface area contributed by atoms with Gasteiger partial charge >= 0.3 is 12.2 Å². The predicted octanol–water partition coefficient (Wildman–Crippen LogP) is 4.72. The minimum atomic E-state index is -0.990. The van der Waals surface area contributed by atoms with E-state index < -0.39 is 17.5 Å². The first-order chi connectivity index (χ1) is 13.0. The fraction of sp³-hybridized carbons (Fsp3) is 0.500. The maximum atomic E-state index is 14.6. The second-order valence-corrected chi connectivity index (χ2v) is 9.62. The van der Waals surface area contributed by atoms with Gasteiger partial charge in [-0.3, -0.25) is 0 Å². The molecule has 0 aliphatic carbocycles. The molecule has 152 valence electrons. The van der Waals surface area contributed by atoms with E-state index in [0.717, 1.165) is 0 Å². The molecule has 0 saturated carbocycles. The van der Waals surface area contributed by atoms with E-state index in [1.165, 1.54) is 0 Å². The molecule has 1 amide bonds. The summed E-state index contributed by atoms with van der Waals surface area (Å²) in [6, 6.07) is 1.56. The number of rotatable bonds is 1. The van der Waals surface area contributed by atoms with Crippen LogP contribution >= 0.6 is 38.5 Å². The molecule has 1 atom stereocenters. The summed E-state index contributed by atoms with van der Waals surface area (Å²) < 4.78 is 35.0. The number of hydrogen-bond acceptors (Lipinski definition) is 5. The van der Waals surface area contributed by atoms with Gasteiger partial charge < -0.3 is 14.5 Å². The topological polar surface area (TPSA) is 58.6 Å². The fourth-order valence-electron chi connectivity index (χ4n) is 3.11. The molecule has 1 fully saturated rings. The number of nitrogens with zero attached hydrogens (tertiary/aromatic N) is 4. The lowest BCUT2D eigenvalue weighted by atomic mass is 10.1. The average molecular weight is 569 g/mol. The Bertz CT molecular complexity index is 938. The Hall–Kier alpha value is -1.30. The van der Waals surface area contributed by atoms with Gasteiger partial charge in [0.05, 0.1) is 4.47 Å². The van der Waals surface area contributed by atoms with E-state index in [0.29, 0.717) is 34.4 Å². The molecule has 0 bridgehead atoms. The maximum Gasteiger partial charge on any atom is 0.410 e. The lowest BCUT2D eigenvalue weighted by Crippen LogP contribution is -2.55. The van der Waals surface area contributed by atoms with Gasteiger partial charge in [0.25, 0.3) is 0 Å². The van der Waals surface area contributed by atoms with Crippen molar-refractivity contribution in [3.63, 3.8) is 0 Å². The molecular weight excluding hydrogens is 549 g/mol. The van der Waals surface area contributed by atoms with E-state index in [9.17, 15) is 13.6 Å². The van der Waals surface area contributed by atoms with Crippen molar-refractivity contribution in [3.05, 3.63) is 26.0 Å². The molecule has 0 unspecified atom stereocenters. The molecule has 0 N–H and O–H groups in total. The number of fused-ring (bicyclic) bond motifs is 1. The van der Waals surface area contributed by atoms with Crippen molar-refractivity contribution >= 4 is 61.3 Å². The Kier molecular flexibility index (Phi) is 6.00. The number of hydrogen-bond donors (Lipinski definition) is 0. The maximum absolute atomic E-state index is 14.6. The second kappa shape index (κ2) is 7.85. The highest BCUT2D eigenvalue weighted by Crippen LogP contribution is 2.34. The van der Waals surface area contributed by atoms with Gasteiger partial charge in [-0.15, -0.1) is 0 Å². The first kappa shape index (κ1) is 21.4. The average Bonchev–Trinajstić information content (AvgIpc) is 2.58. The summed E-state index contributed by atoms with van der Waals surface area (Å²) >= 11 is 5.17. The summed E-state index contributed by atoms with van der Waals surface area (Å²) in [6.07, 6.45) is -1.38. The number of carbonyl (C=O) groups excluding carboxylic acids is 1. The van der Waals surface area contributed by atoms with Gasteiger partial charge in [0.15, 0.2) is 5.82 Å². The number of amides is 1. The smallest absolute Gasteiger partial charge is 0.410 e. The van der Waals surface area contributed by atoms with Crippen LogP contribution in [0.25, 0.3) is 10.9 Å². The molecule has 0 radical (unpaired) electrons. The van der Waals surface area contributed by atoms with Crippen molar-refractivity contribution in [2.24, 2.45) is 0 Å². The van der Waals surface area contributed by atoms with Crippen LogP contribution in [0, 0.1) is 15.5 Å². The highest BCUT2D eigenvalue weighted by Gasteiger charge is 2.32. The Morgan fingerprint density at radius 1 is 1.32 bits per heavy atom. The van der Waals surface area contributed by atoms with Crippen molar-refractivity contribution in [2.75, 3.05) is 24.5 Å². The highest BCUT2D eigenvalue weighted by molar-refractivity contribution is 14.1. The van der Waals surface area contributed by atoms with Crippen LogP contribution in [0.5, 0.6) is 0 Å². The first-order valence-electron chi connectivity index (χ1n) is 8.73. The summed E-state index contributed by atoms with van der Waals surface area (Å²) in [7, 11) is 0. The van der Waals surface area contributed by atoms with Crippen LogP contribution in [0.4, 0.5) is 19.4 Å². The third-order valence-corrected chi connectivity index (χ3v) is 6.70. The first-order valence-corrected chi connectivity index (χ1v) is 10.6. The minimum absolute atomic E-state index is 0.0726. The van der Waals surface area contributed by atoms with Crippen LogP contribution in [-0.4, -0.2) is 52.2 Å². The van der Waals surface area contributed by atoms with Crippen LogP contribution in [-0.2, 0) is 4.74 Å². The summed E-state index contributed by atoms with van der Waals surface area (Å²) in [4.78, 5) is 23.4. The SMILES string of the molecule is C[C@H]1CN(C(=O)OC(C)(C)C)CCN1c1nc(F)nc2c(F)c(Br)c(I)cc12. The summed E-state index contributed by atoms with van der Waals surface area (Å²) in [5.74, 6) is -0.298. The number of anilines is 1. The molecule has 6 nitrogen and oxygen atoms in total. The molecule has 3 rings (SSSR count). The monoisotopic (exact) mass is 568 g/mol. The van der Waals surface area contributed by atoms with Crippen molar-refractivity contribution < 1.29 is 18.3 Å². The molecule has 1 aromatic heterocycles. The lowest BCUT2D eigenvalue weighted by Gasteiger charge is -2.41. The number of piperazine rings is 1. The zero-order chi connectivity index (χ0) is 20.8. The van der Waals surface area contributed by atoms with Gasteiger partial charge in [-0.25, -0.2) is 9.18 Å². The van der Waals surface area contributed by atoms with Gasteiger partial charge in [0, 0.05) is 34.6 Å². The fourth-order valence-corrected chi connectivity index (χ4v) is 3.96. The Morgan fingerprint density at radius 3 is 2.61 bits per heavy atom. The zero-order valence-corrected chi connectivity index (χ0v) is 19.6. The van der Waals surface area contributed by atoms with Crippen LogP contribution < -0.4 is 4.90 Å². The van der Waals surface area contributed by atoms with E-state index >= 15 is 0 Å². The second-order valence-electron chi connectivity index (χ2n) is 7.67. The van der Waals surface area contributed by atoms with E-state index in [2.05, 4.69) is 25.9 Å². The number of benzene rings is 1. The van der Waals surface area contributed by atoms with Gasteiger partial charge in [-0.2, -0.15) is 14.4 Å². The molecule has 10 heteroatoms. The largest absolute Gasteiger partial charge is 0.444 e. The Balaban J connectivity index is 1.93. The molecular formula is C18H20BrF2IN4O2. The van der Waals surface area contributed by atoms with Crippen molar-refractivity contribution in [3.8, 4) is 0 Å². The van der Waals surface area contributed by atoms with E-state index in [1.807, 2.05) is 55.2 Å². The molecule has 2 heterocycles. The van der Waals surface area contributed by atoms with Gasteiger partial charge in [0.1, 0.15) is 16.9 Å². The summed E-state index contributed by atoms with van der Waals surface area (Å²) in [5, 5.41) is 0.434. The lowest BCUT2D eigenvalue weighted by molar-refractivity contribution is 0.0218. The molecule has 28 heavy (non-hydrogen) atoms. The zero-order valence-electron chi connectivity index (χ0n) is 15.9.